The van der Waals surface area contributed by atoms with Crippen LogP contribution in [0.5, 0.6) is 23.0 Å². The molecule has 1 aliphatic carbocycles. The fraction of sp³-hybridized carbons (Fsp3) is 0.229. The number of carbonyl (C=O) groups excluding carboxylic acids is 2. The summed E-state index contributed by atoms with van der Waals surface area (Å²) < 4.78 is 87.5. The number of ether oxygens (including phenoxy) is 4. The predicted molar refractivity (Wildman–Crippen MR) is 344 cm³/mol. The molecule has 2 amide bonds. The van der Waals surface area contributed by atoms with Crippen LogP contribution in [0.3, 0.4) is 0 Å². The molecule has 0 aliphatic heterocycles. The summed E-state index contributed by atoms with van der Waals surface area (Å²) in [7, 11) is 1.92. The molecular formula is C70H72N4O10S2. The lowest BCUT2D eigenvalue weighted by molar-refractivity contribution is -0.122. The molecule has 0 unspecified atom stereocenters. The van der Waals surface area contributed by atoms with Crippen molar-refractivity contribution in [1.82, 2.24) is 9.44 Å². The van der Waals surface area contributed by atoms with Gasteiger partial charge in [-0.15, -0.1) is 26.3 Å². The lowest BCUT2D eigenvalue weighted by Gasteiger charge is -2.24. The van der Waals surface area contributed by atoms with Crippen molar-refractivity contribution in [3.8, 4) is 23.0 Å². The molecule has 86 heavy (non-hydrogen) atoms. The lowest BCUT2D eigenvalue weighted by atomic mass is 9.87. The molecule has 8 aromatic rings. The number of methoxy groups -OCH3 is 2. The molecule has 14 nitrogen and oxygen atoms in total. The zero-order chi connectivity index (χ0) is 61.5. The van der Waals surface area contributed by atoms with Crippen LogP contribution in [0.1, 0.15) is 66.8 Å². The molecule has 8 bridgehead atoms. The van der Waals surface area contributed by atoms with Crippen LogP contribution in [0.15, 0.2) is 182 Å². The van der Waals surface area contributed by atoms with E-state index in [9.17, 15) is 26.4 Å². The minimum absolute atomic E-state index is 0.0468. The van der Waals surface area contributed by atoms with Gasteiger partial charge < -0.3 is 28.7 Å². The van der Waals surface area contributed by atoms with Gasteiger partial charge in [-0.2, -0.15) is 0 Å². The van der Waals surface area contributed by atoms with Crippen LogP contribution < -0.4 is 38.2 Å². The van der Waals surface area contributed by atoms with Gasteiger partial charge in [-0.1, -0.05) is 121 Å². The predicted octanol–water partition coefficient (Wildman–Crippen LogP) is 11.5. The van der Waals surface area contributed by atoms with E-state index in [1.165, 1.54) is 12.1 Å². The summed E-state index contributed by atoms with van der Waals surface area (Å²) in [5, 5.41) is 2.34. The number of carbonyl (C=O) groups is 2. The van der Waals surface area contributed by atoms with Crippen molar-refractivity contribution in [3.63, 3.8) is 0 Å². The van der Waals surface area contributed by atoms with Crippen LogP contribution in [0.4, 0.5) is 11.4 Å². The highest BCUT2D eigenvalue weighted by molar-refractivity contribution is 7.90. The molecule has 0 saturated heterocycles. The quantitative estimate of drug-likeness (QED) is 0.0617. The average Bonchev–Trinajstić information content (AvgIpc) is 1.68. The minimum Gasteiger partial charge on any atom is -0.496 e. The molecule has 0 spiro atoms. The van der Waals surface area contributed by atoms with Crippen molar-refractivity contribution in [2.24, 2.45) is 0 Å². The average molecular weight is 1190 g/mol. The first-order valence-electron chi connectivity index (χ1n) is 28.1. The Hall–Kier alpha value is -9.12. The highest BCUT2D eigenvalue weighted by atomic mass is 32.2. The summed E-state index contributed by atoms with van der Waals surface area (Å²) in [5.74, 6) is 0.116. The molecule has 0 heterocycles. The summed E-state index contributed by atoms with van der Waals surface area (Å²) >= 11 is 0. The van der Waals surface area contributed by atoms with Crippen molar-refractivity contribution in [3.05, 3.63) is 239 Å². The summed E-state index contributed by atoms with van der Waals surface area (Å²) in [6, 6.07) is 37.0. The van der Waals surface area contributed by atoms with E-state index in [1.54, 1.807) is 50.6 Å². The van der Waals surface area contributed by atoms with Gasteiger partial charge in [0.15, 0.2) is 13.2 Å². The van der Waals surface area contributed by atoms with Crippen LogP contribution >= 0.6 is 0 Å². The molecule has 9 rings (SSSR count). The number of fused-ring (bicyclic) bond motifs is 10. The van der Waals surface area contributed by atoms with E-state index in [0.29, 0.717) is 92.5 Å². The van der Waals surface area contributed by atoms with Crippen molar-refractivity contribution in [2.75, 3.05) is 65.4 Å². The monoisotopic (exact) mass is 1190 g/mol. The molecule has 0 radical (unpaired) electrons. The van der Waals surface area contributed by atoms with Crippen molar-refractivity contribution in [1.29, 1.82) is 0 Å². The summed E-state index contributed by atoms with van der Waals surface area (Å²) in [4.78, 5) is 32.0. The number of anilines is 2. The van der Waals surface area contributed by atoms with Gasteiger partial charge >= 0.3 is 0 Å². The van der Waals surface area contributed by atoms with E-state index in [0.717, 1.165) is 55.9 Å². The van der Waals surface area contributed by atoms with E-state index >= 15 is 0 Å². The Labute approximate surface area is 505 Å². The Bertz CT molecular complexity index is 3860. The molecule has 444 valence electrons. The number of amides is 2. The molecule has 0 atom stereocenters. The Morgan fingerprint density at radius 3 is 0.965 bits per heavy atom. The standard InChI is InChI=1S/C70H72N4O10S2/c1-11-19-45-31-49-39-53-35-47(21-13-3)37-55(69(53)83-43-65(75)71-85(77,78)63-29-17-23-57-59(63)25-15-27-61(57)73(5)6)41-51-33-46(20-12-2)34-52(68(51)82-10)42-56-38-48(22-14-4)36-54(40-50(32-45)67(49)81-9)70(56)84-44-66(76)72-86(79,80)64-30-18-24-58-60(64)26-16-28-62(58)74(7)8/h11-18,23-38H,1-4,19-22,39-44H2,5-10H3,(H,71,75)(H,72,76). The molecule has 8 aromatic carbocycles. The summed E-state index contributed by atoms with van der Waals surface area (Å²) in [5.41, 5.74) is 11.2. The van der Waals surface area contributed by atoms with Crippen molar-refractivity contribution < 1.29 is 45.4 Å². The highest BCUT2D eigenvalue weighted by Crippen LogP contribution is 2.42. The smallest absolute Gasteiger partial charge is 0.271 e. The highest BCUT2D eigenvalue weighted by Gasteiger charge is 2.28. The van der Waals surface area contributed by atoms with Crippen LogP contribution in [-0.2, 0) is 81.0 Å². The second-order valence-electron chi connectivity index (χ2n) is 21.7. The maximum absolute atomic E-state index is 14.2. The molecule has 0 aromatic heterocycles. The number of nitrogens with zero attached hydrogens (tertiary/aromatic N) is 2. The van der Waals surface area contributed by atoms with Gasteiger partial charge in [-0.05, 0) is 117 Å². The summed E-state index contributed by atoms with van der Waals surface area (Å²) in [6.07, 6.45) is 10.1. The molecule has 1 aliphatic rings. The van der Waals surface area contributed by atoms with Gasteiger partial charge in [0.25, 0.3) is 31.9 Å². The van der Waals surface area contributed by atoms with E-state index in [2.05, 4.69) is 60.0 Å². The van der Waals surface area contributed by atoms with E-state index in [1.807, 2.05) is 111 Å². The molecule has 16 heteroatoms. The fourth-order valence-electron chi connectivity index (χ4n) is 11.7. The van der Waals surface area contributed by atoms with Gasteiger partial charge in [-0.25, -0.2) is 26.3 Å². The van der Waals surface area contributed by atoms with Gasteiger partial charge in [0.2, 0.25) is 0 Å². The SMILES string of the molecule is C=CCc1cc2c(OC)c(c1)Cc1cc(CC=C)cc(c1OCC(=O)NS(=O)(=O)c1cccc3c(N(C)C)cccc13)Cc1cc(CC=C)cc(c1OC)Cc1cc(CC=C)cc(c1OCC(=O)NS(=O)(=O)c1cccc3c(N(C)C)cccc13)C2. The Balaban J connectivity index is 1.17. The normalized spacial score (nSPS) is 12.2. The second kappa shape index (κ2) is 26.4. The maximum atomic E-state index is 14.2. The number of hydrogen-bond donors (Lipinski definition) is 2. The van der Waals surface area contributed by atoms with Gasteiger partial charge in [0, 0.05) is 86.8 Å². The Morgan fingerprint density at radius 2 is 0.698 bits per heavy atom. The zero-order valence-corrected chi connectivity index (χ0v) is 51.2. The Kier molecular flexibility index (Phi) is 18.9. The molecular weight excluding hydrogens is 1120 g/mol. The third-order valence-electron chi connectivity index (χ3n) is 15.1. The van der Waals surface area contributed by atoms with Crippen molar-refractivity contribution >= 4 is 64.8 Å². The fourth-order valence-corrected chi connectivity index (χ4v) is 14.1. The number of sulfonamides is 2. The number of benzene rings is 8. The lowest BCUT2D eigenvalue weighted by Crippen LogP contribution is -2.34. The number of hydrogen-bond acceptors (Lipinski definition) is 12. The van der Waals surface area contributed by atoms with Gasteiger partial charge in [0.05, 0.1) is 24.0 Å². The Morgan fingerprint density at radius 1 is 0.430 bits per heavy atom. The minimum atomic E-state index is -4.40. The van der Waals surface area contributed by atoms with Gasteiger partial charge in [-0.3, -0.25) is 9.59 Å². The first-order chi connectivity index (χ1) is 41.3. The number of allylic oxidation sites excluding steroid dienone is 4. The van der Waals surface area contributed by atoms with Crippen LogP contribution in [0, 0.1) is 0 Å². The van der Waals surface area contributed by atoms with E-state index in [4.69, 9.17) is 18.9 Å². The third-order valence-corrected chi connectivity index (χ3v) is 18.0. The van der Waals surface area contributed by atoms with Gasteiger partial charge in [0.1, 0.15) is 23.0 Å². The second-order valence-corrected chi connectivity index (χ2v) is 25.0. The topological polar surface area (TPSA) is 170 Å². The first-order valence-corrected chi connectivity index (χ1v) is 31.1. The van der Waals surface area contributed by atoms with E-state index in [-0.39, 0.29) is 35.5 Å². The van der Waals surface area contributed by atoms with E-state index < -0.39 is 45.1 Å². The third kappa shape index (κ3) is 13.4. The van der Waals surface area contributed by atoms with Crippen LogP contribution in [-0.4, -0.2) is 84.3 Å². The molecule has 0 saturated carbocycles. The first kappa shape index (κ1) is 61.4. The molecule has 2 N–H and O–H groups in total. The van der Waals surface area contributed by atoms with Crippen molar-refractivity contribution in [2.45, 2.75) is 61.2 Å². The molecule has 0 fully saturated rings. The zero-order valence-electron chi connectivity index (χ0n) is 49.5. The largest absolute Gasteiger partial charge is 0.496 e. The van der Waals surface area contributed by atoms with Crippen LogP contribution in [0.2, 0.25) is 0 Å². The van der Waals surface area contributed by atoms with Crippen LogP contribution in [0.25, 0.3) is 21.5 Å². The maximum Gasteiger partial charge on any atom is 0.271 e. The number of rotatable bonds is 22. The number of nitrogens with one attached hydrogen (secondary N) is 2. The summed E-state index contributed by atoms with van der Waals surface area (Å²) in [6.45, 7) is 15.0.